The molecule has 0 aliphatic carbocycles. The number of rotatable bonds is 16. The van der Waals surface area contributed by atoms with Crippen LogP contribution in [0.15, 0.2) is 25.3 Å². The maximum atomic E-state index is 5.83. The lowest BCUT2D eigenvalue weighted by Crippen LogP contribution is -2.47. The minimum atomic E-state index is -2.61. The second-order valence-electron chi connectivity index (χ2n) is 5.55. The highest BCUT2D eigenvalue weighted by Crippen LogP contribution is 2.27. The van der Waals surface area contributed by atoms with Crippen molar-refractivity contribution in [3.05, 3.63) is 25.3 Å². The molecule has 8 heteroatoms. The molecule has 0 heterocycles. The highest BCUT2D eigenvalue weighted by molar-refractivity contribution is 6.70. The van der Waals surface area contributed by atoms with Crippen molar-refractivity contribution < 1.29 is 22.1 Å². The Kier molecular flexibility index (Phi) is 12.8. The lowest BCUT2D eigenvalue weighted by molar-refractivity contribution is 0.123. The standard InChI is InChI=1S/C16H35NO5Si2/c1-8-11-17(12-9-2)13-10-14-23(18-3,19-4)15-16-24(20-5,21-6)22-7/h8-9H,1-2,10-16H2,3-7H3. The third-order valence-electron chi connectivity index (χ3n) is 4.30. The van der Waals surface area contributed by atoms with E-state index >= 15 is 0 Å². The fourth-order valence-electron chi connectivity index (χ4n) is 2.71. The average molecular weight is 378 g/mol. The third kappa shape index (κ3) is 7.70. The van der Waals surface area contributed by atoms with Gasteiger partial charge in [-0.05, 0) is 25.1 Å². The minimum absolute atomic E-state index is 0.688. The van der Waals surface area contributed by atoms with Gasteiger partial charge in [-0.3, -0.25) is 4.90 Å². The van der Waals surface area contributed by atoms with Gasteiger partial charge in [-0.1, -0.05) is 12.2 Å². The number of hydrogen-bond donors (Lipinski definition) is 0. The van der Waals surface area contributed by atoms with Gasteiger partial charge < -0.3 is 22.1 Å². The molecular formula is C16H35NO5Si2. The van der Waals surface area contributed by atoms with E-state index in [9.17, 15) is 0 Å². The van der Waals surface area contributed by atoms with E-state index < -0.39 is 17.4 Å². The van der Waals surface area contributed by atoms with Crippen molar-refractivity contribution in [2.75, 3.05) is 55.2 Å². The van der Waals surface area contributed by atoms with E-state index in [0.29, 0.717) is 6.04 Å². The molecule has 0 saturated carbocycles. The second-order valence-corrected chi connectivity index (χ2v) is 12.3. The number of hydrogen-bond acceptors (Lipinski definition) is 6. The molecule has 142 valence electrons. The molecule has 0 aliphatic heterocycles. The summed E-state index contributed by atoms with van der Waals surface area (Å²) >= 11 is 0. The van der Waals surface area contributed by atoms with E-state index in [1.165, 1.54) is 0 Å². The van der Waals surface area contributed by atoms with Crippen molar-refractivity contribution in [1.29, 1.82) is 0 Å². The van der Waals surface area contributed by atoms with Gasteiger partial charge in [0.2, 0.25) is 0 Å². The molecule has 0 saturated heterocycles. The van der Waals surface area contributed by atoms with E-state index in [0.717, 1.165) is 38.1 Å². The second kappa shape index (κ2) is 13.0. The highest BCUT2D eigenvalue weighted by Gasteiger charge is 2.44. The SMILES string of the molecule is C=CCN(CC=C)CCC[Si](CC[Si](OC)(OC)OC)(OC)OC. The first-order valence-corrected chi connectivity index (χ1v) is 12.4. The molecule has 24 heavy (non-hydrogen) atoms. The fourth-order valence-corrected chi connectivity index (χ4v) is 8.50. The number of nitrogens with zero attached hydrogens (tertiary/aromatic N) is 1. The molecule has 0 N–H and O–H groups in total. The van der Waals surface area contributed by atoms with E-state index in [1.54, 1.807) is 35.5 Å². The zero-order valence-electron chi connectivity index (χ0n) is 16.0. The Labute approximate surface area is 150 Å². The first-order valence-electron chi connectivity index (χ1n) is 8.20. The summed E-state index contributed by atoms with van der Waals surface area (Å²) in [6.45, 7) is 10.3. The van der Waals surface area contributed by atoms with Crippen LogP contribution in [0.2, 0.25) is 18.1 Å². The van der Waals surface area contributed by atoms with Crippen LogP contribution in [0.4, 0.5) is 0 Å². The van der Waals surface area contributed by atoms with Crippen molar-refractivity contribution in [1.82, 2.24) is 4.90 Å². The maximum absolute atomic E-state index is 5.83. The molecule has 0 bridgehead atoms. The Morgan fingerprint density at radius 3 is 1.62 bits per heavy atom. The normalized spacial score (nSPS) is 12.6. The van der Waals surface area contributed by atoms with Crippen LogP contribution in [-0.2, 0) is 22.1 Å². The molecule has 0 aromatic heterocycles. The summed E-state index contributed by atoms with van der Waals surface area (Å²) in [6, 6.07) is 2.38. The third-order valence-corrected chi connectivity index (χ3v) is 11.1. The predicted molar refractivity (Wildman–Crippen MR) is 102 cm³/mol. The van der Waals surface area contributed by atoms with Crippen LogP contribution in [0.1, 0.15) is 6.42 Å². The van der Waals surface area contributed by atoms with Gasteiger partial charge in [0, 0.05) is 54.7 Å². The summed E-state index contributed by atoms with van der Waals surface area (Å²) in [6.07, 6.45) is 4.82. The molecule has 6 nitrogen and oxygen atoms in total. The van der Waals surface area contributed by atoms with Crippen molar-refractivity contribution >= 4 is 17.4 Å². The minimum Gasteiger partial charge on any atom is -0.398 e. The molecule has 0 fully saturated rings. The van der Waals surface area contributed by atoms with Crippen LogP contribution < -0.4 is 0 Å². The maximum Gasteiger partial charge on any atom is 0.500 e. The van der Waals surface area contributed by atoms with Gasteiger partial charge in [-0.2, -0.15) is 0 Å². The van der Waals surface area contributed by atoms with Crippen LogP contribution in [0, 0.1) is 0 Å². The fraction of sp³-hybridized carbons (Fsp3) is 0.750. The largest absolute Gasteiger partial charge is 0.500 e. The molecule has 0 aliphatic rings. The van der Waals surface area contributed by atoms with Gasteiger partial charge in [0.05, 0.1) is 0 Å². The molecule has 0 rings (SSSR count). The Morgan fingerprint density at radius 2 is 1.25 bits per heavy atom. The Morgan fingerprint density at radius 1 is 0.750 bits per heavy atom. The lowest BCUT2D eigenvalue weighted by atomic mass is 10.4. The molecular weight excluding hydrogens is 342 g/mol. The molecule has 0 amide bonds. The van der Waals surface area contributed by atoms with Crippen LogP contribution in [0.5, 0.6) is 0 Å². The summed E-state index contributed by atoms with van der Waals surface area (Å²) in [7, 11) is 3.45. The molecule has 0 unspecified atom stereocenters. The van der Waals surface area contributed by atoms with Gasteiger partial charge in [0.25, 0.3) is 0 Å². The van der Waals surface area contributed by atoms with E-state index in [4.69, 9.17) is 22.1 Å². The zero-order valence-corrected chi connectivity index (χ0v) is 18.0. The smallest absolute Gasteiger partial charge is 0.398 e. The van der Waals surface area contributed by atoms with Gasteiger partial charge >= 0.3 is 17.4 Å². The molecule has 0 aromatic rings. The van der Waals surface area contributed by atoms with Gasteiger partial charge in [-0.25, -0.2) is 0 Å². The van der Waals surface area contributed by atoms with Crippen molar-refractivity contribution in [2.24, 2.45) is 0 Å². The average Bonchev–Trinajstić information content (AvgIpc) is 2.62. The Hall–Kier alpha value is -0.326. The summed E-state index contributed by atoms with van der Waals surface area (Å²) in [5.74, 6) is 0. The molecule has 0 spiro atoms. The van der Waals surface area contributed by atoms with Crippen molar-refractivity contribution in [3.8, 4) is 0 Å². The highest BCUT2D eigenvalue weighted by atomic mass is 28.4. The Bertz CT molecular complexity index is 331. The molecule has 0 radical (unpaired) electrons. The summed E-state index contributed by atoms with van der Waals surface area (Å²) in [5.41, 5.74) is 0. The first-order chi connectivity index (χ1) is 11.5. The van der Waals surface area contributed by atoms with E-state index in [2.05, 4.69) is 18.1 Å². The van der Waals surface area contributed by atoms with Gasteiger partial charge in [0.15, 0.2) is 0 Å². The van der Waals surface area contributed by atoms with Crippen molar-refractivity contribution in [3.63, 3.8) is 0 Å². The van der Waals surface area contributed by atoms with Crippen LogP contribution in [0.3, 0.4) is 0 Å². The topological polar surface area (TPSA) is 49.4 Å². The van der Waals surface area contributed by atoms with Crippen molar-refractivity contribution in [2.45, 2.75) is 24.6 Å². The van der Waals surface area contributed by atoms with E-state index in [-0.39, 0.29) is 0 Å². The molecule has 0 aromatic carbocycles. The Balaban J connectivity index is 4.69. The lowest BCUT2D eigenvalue weighted by Gasteiger charge is -2.32. The summed E-state index contributed by atoms with van der Waals surface area (Å²) in [5, 5.41) is 0. The predicted octanol–water partition coefficient (Wildman–Crippen LogP) is 2.66. The monoisotopic (exact) mass is 377 g/mol. The van der Waals surface area contributed by atoms with Crippen LogP contribution >= 0.6 is 0 Å². The zero-order chi connectivity index (χ0) is 18.5. The molecule has 0 atom stereocenters. The van der Waals surface area contributed by atoms with Crippen LogP contribution in [-0.4, -0.2) is 77.4 Å². The quantitative estimate of drug-likeness (QED) is 0.304. The first kappa shape index (κ1) is 23.7. The summed E-state index contributed by atoms with van der Waals surface area (Å²) in [4.78, 5) is 2.29. The summed E-state index contributed by atoms with van der Waals surface area (Å²) < 4.78 is 28.2. The van der Waals surface area contributed by atoms with Gasteiger partial charge in [-0.15, -0.1) is 13.2 Å². The van der Waals surface area contributed by atoms with E-state index in [1.807, 2.05) is 12.2 Å². The van der Waals surface area contributed by atoms with Crippen LogP contribution in [0.25, 0.3) is 0 Å². The van der Waals surface area contributed by atoms with Gasteiger partial charge in [0.1, 0.15) is 0 Å².